The molecule has 6 nitrogen and oxygen atoms in total. The van der Waals surface area contributed by atoms with E-state index in [1.165, 1.54) is 12.1 Å². The van der Waals surface area contributed by atoms with E-state index < -0.39 is 5.79 Å². The summed E-state index contributed by atoms with van der Waals surface area (Å²) in [6.07, 6.45) is 1.11. The summed E-state index contributed by atoms with van der Waals surface area (Å²) in [4.78, 5) is 8.89. The first-order chi connectivity index (χ1) is 12.4. The number of guanidine groups is 2. The van der Waals surface area contributed by atoms with Crippen LogP contribution in [0.3, 0.4) is 0 Å². The fourth-order valence-electron chi connectivity index (χ4n) is 2.80. The average molecular weight is 354 g/mol. The summed E-state index contributed by atoms with van der Waals surface area (Å²) < 4.78 is 13.0. The van der Waals surface area contributed by atoms with Gasteiger partial charge in [0.05, 0.1) is 6.04 Å². The van der Waals surface area contributed by atoms with Crippen LogP contribution in [0.2, 0.25) is 0 Å². The molecule has 2 atom stereocenters. The number of nitrogens with one attached hydrogen (secondary N) is 2. The van der Waals surface area contributed by atoms with E-state index in [9.17, 15) is 4.39 Å². The lowest BCUT2D eigenvalue weighted by molar-refractivity contribution is 0.369. The maximum absolute atomic E-state index is 13.0. The Balaban J connectivity index is 1.71. The molecule has 1 heterocycles. The normalized spacial score (nSPS) is 22.3. The van der Waals surface area contributed by atoms with Crippen molar-refractivity contribution < 1.29 is 4.39 Å². The van der Waals surface area contributed by atoms with E-state index in [0.29, 0.717) is 18.8 Å². The first-order valence-corrected chi connectivity index (χ1v) is 8.50. The zero-order valence-electron chi connectivity index (χ0n) is 14.6. The lowest BCUT2D eigenvalue weighted by Crippen LogP contribution is -2.64. The average Bonchev–Trinajstić information content (AvgIpc) is 2.61. The fourth-order valence-corrected chi connectivity index (χ4v) is 2.80. The van der Waals surface area contributed by atoms with Crippen LogP contribution in [-0.2, 0) is 6.42 Å². The van der Waals surface area contributed by atoms with Crippen LogP contribution in [0, 0.1) is 5.82 Å². The second-order valence-corrected chi connectivity index (χ2v) is 6.36. The number of nitrogens with zero attached hydrogens (tertiary/aromatic N) is 2. The van der Waals surface area contributed by atoms with Crippen molar-refractivity contribution in [2.45, 2.75) is 31.6 Å². The molecule has 7 heteroatoms. The van der Waals surface area contributed by atoms with Crippen molar-refractivity contribution in [2.24, 2.45) is 21.5 Å². The summed E-state index contributed by atoms with van der Waals surface area (Å²) in [5.41, 5.74) is 14.3. The number of halogens is 1. The summed E-state index contributed by atoms with van der Waals surface area (Å²) in [5.74, 6) is -0.637. The molecule has 0 saturated heterocycles. The smallest absolute Gasteiger partial charge is 0.201 e. The second-order valence-electron chi connectivity index (χ2n) is 6.36. The van der Waals surface area contributed by atoms with Crippen LogP contribution in [0.1, 0.15) is 30.5 Å². The number of aryl methyl sites for hydroxylation is 1. The molecular weight excluding hydrogens is 331 g/mol. The minimum Gasteiger partial charge on any atom is -0.370 e. The Hall–Kier alpha value is -2.93. The molecule has 0 bridgehead atoms. The van der Waals surface area contributed by atoms with Gasteiger partial charge in [-0.1, -0.05) is 42.5 Å². The third-order valence-electron chi connectivity index (χ3n) is 4.21. The zero-order chi connectivity index (χ0) is 18.6. The molecule has 2 aromatic rings. The molecule has 136 valence electrons. The summed E-state index contributed by atoms with van der Waals surface area (Å²) in [6.45, 7) is 1.99. The van der Waals surface area contributed by atoms with Crippen LogP contribution in [0.25, 0.3) is 0 Å². The van der Waals surface area contributed by atoms with E-state index in [-0.39, 0.29) is 17.8 Å². The monoisotopic (exact) mass is 354 g/mol. The number of nitrogens with two attached hydrogens (primary N) is 2. The fraction of sp³-hybridized carbons (Fsp3) is 0.263. The Morgan fingerprint density at radius 1 is 1.15 bits per heavy atom. The number of hydrogen-bond acceptors (Lipinski definition) is 4. The summed E-state index contributed by atoms with van der Waals surface area (Å²) in [7, 11) is 0. The molecule has 1 aliphatic heterocycles. The highest BCUT2D eigenvalue weighted by atomic mass is 19.1. The van der Waals surface area contributed by atoms with Gasteiger partial charge in [0, 0.05) is 6.42 Å². The van der Waals surface area contributed by atoms with Crippen LogP contribution in [-0.4, -0.2) is 17.7 Å². The molecule has 0 aromatic heterocycles. The second kappa shape index (κ2) is 7.53. The van der Waals surface area contributed by atoms with Gasteiger partial charge in [-0.25, -0.2) is 14.4 Å². The van der Waals surface area contributed by atoms with E-state index in [0.717, 1.165) is 11.1 Å². The van der Waals surface area contributed by atoms with Crippen LogP contribution in [0.4, 0.5) is 4.39 Å². The van der Waals surface area contributed by atoms with Gasteiger partial charge < -0.3 is 11.1 Å². The van der Waals surface area contributed by atoms with Crippen molar-refractivity contribution >= 4 is 11.9 Å². The van der Waals surface area contributed by atoms with Crippen molar-refractivity contribution in [2.75, 3.05) is 0 Å². The lowest BCUT2D eigenvalue weighted by Gasteiger charge is -2.33. The number of aliphatic imine (C=N–C) groups is 2. The molecule has 0 amide bonds. The van der Waals surface area contributed by atoms with Crippen molar-refractivity contribution in [1.29, 1.82) is 0 Å². The molecular formula is C19H23FN6. The van der Waals surface area contributed by atoms with E-state index in [2.05, 4.69) is 20.6 Å². The van der Waals surface area contributed by atoms with E-state index in [4.69, 9.17) is 11.5 Å². The largest absolute Gasteiger partial charge is 0.370 e. The van der Waals surface area contributed by atoms with Crippen molar-refractivity contribution in [3.8, 4) is 0 Å². The number of benzene rings is 2. The zero-order valence-corrected chi connectivity index (χ0v) is 14.6. The topological polar surface area (TPSA) is 101 Å². The molecule has 1 unspecified atom stereocenters. The van der Waals surface area contributed by atoms with Crippen molar-refractivity contribution in [3.05, 3.63) is 71.5 Å². The minimum absolute atomic E-state index is 0.0709. The molecule has 3 rings (SSSR count). The first kappa shape index (κ1) is 17.9. The van der Waals surface area contributed by atoms with Gasteiger partial charge >= 0.3 is 0 Å². The van der Waals surface area contributed by atoms with E-state index in [1.54, 1.807) is 12.1 Å². The molecule has 0 fully saturated rings. The molecule has 1 aliphatic rings. The van der Waals surface area contributed by atoms with Gasteiger partial charge in [0.1, 0.15) is 5.82 Å². The van der Waals surface area contributed by atoms with Gasteiger partial charge in [0.25, 0.3) is 0 Å². The predicted octanol–water partition coefficient (Wildman–Crippen LogP) is 2.00. The van der Waals surface area contributed by atoms with Gasteiger partial charge in [-0.05, 0) is 36.6 Å². The van der Waals surface area contributed by atoms with Crippen LogP contribution in [0.15, 0.2) is 64.6 Å². The summed E-state index contributed by atoms with van der Waals surface area (Å²) in [6, 6.07) is 16.2. The Morgan fingerprint density at radius 3 is 2.54 bits per heavy atom. The van der Waals surface area contributed by atoms with Gasteiger partial charge in [-0.15, -0.1) is 0 Å². The lowest BCUT2D eigenvalue weighted by atomic mass is 10.1. The summed E-state index contributed by atoms with van der Waals surface area (Å²) in [5, 5.41) is 6.03. The maximum Gasteiger partial charge on any atom is 0.201 e. The molecule has 0 saturated carbocycles. The molecule has 0 aliphatic carbocycles. The Kier molecular flexibility index (Phi) is 5.18. The van der Waals surface area contributed by atoms with Crippen molar-refractivity contribution in [3.63, 3.8) is 0 Å². The van der Waals surface area contributed by atoms with Gasteiger partial charge in [-0.2, -0.15) is 0 Å². The highest BCUT2D eigenvalue weighted by molar-refractivity contribution is 6.00. The van der Waals surface area contributed by atoms with Gasteiger partial charge in [-0.3, -0.25) is 11.1 Å². The number of rotatable bonds is 5. The number of hydrogen-bond donors (Lipinski definition) is 4. The molecule has 2 aromatic carbocycles. The van der Waals surface area contributed by atoms with Gasteiger partial charge in [0.2, 0.25) is 5.96 Å². The van der Waals surface area contributed by atoms with Crippen LogP contribution >= 0.6 is 0 Å². The highest BCUT2D eigenvalue weighted by Gasteiger charge is 2.30. The predicted molar refractivity (Wildman–Crippen MR) is 102 cm³/mol. The maximum atomic E-state index is 13.0. The van der Waals surface area contributed by atoms with Crippen molar-refractivity contribution in [1.82, 2.24) is 10.6 Å². The highest BCUT2D eigenvalue weighted by Crippen LogP contribution is 2.18. The molecule has 0 radical (unpaired) electrons. The Bertz CT molecular complexity index is 803. The summed E-state index contributed by atoms with van der Waals surface area (Å²) >= 11 is 0. The third-order valence-corrected chi connectivity index (χ3v) is 4.21. The minimum atomic E-state index is -1.07. The molecule has 0 spiro atoms. The quantitative estimate of drug-likeness (QED) is 0.660. The van der Waals surface area contributed by atoms with Crippen LogP contribution in [0.5, 0.6) is 0 Å². The molecule has 6 N–H and O–H groups in total. The Labute approximate surface area is 152 Å². The van der Waals surface area contributed by atoms with E-state index >= 15 is 0 Å². The SMILES string of the molecule is C[C@H](N=C1NC(N)=NC(N)(CCc2ccc(F)cc2)N1)c1ccccc1. The third kappa shape index (κ3) is 4.58. The molecule has 26 heavy (non-hydrogen) atoms. The first-order valence-electron chi connectivity index (χ1n) is 8.50. The standard InChI is InChI=1S/C19H23FN6/c1-13(15-5-3-2-4-6-15)23-18-24-17(21)25-19(22,26-18)12-11-14-7-9-16(20)10-8-14/h2-10,13H,11-12,22H2,1H3,(H4,21,23,24,25,26)/t13-,19?/m0/s1. The van der Waals surface area contributed by atoms with E-state index in [1.807, 2.05) is 37.3 Å². The van der Waals surface area contributed by atoms with Gasteiger partial charge in [0.15, 0.2) is 11.7 Å². The Morgan fingerprint density at radius 2 is 1.85 bits per heavy atom. The van der Waals surface area contributed by atoms with Crippen LogP contribution < -0.4 is 22.1 Å².